The summed E-state index contributed by atoms with van der Waals surface area (Å²) in [5.74, 6) is 0.755. The number of rotatable bonds is 5. The smallest absolute Gasteiger partial charge is 0.227 e. The highest BCUT2D eigenvalue weighted by Gasteiger charge is 2.26. The molecule has 1 amide bonds. The minimum Gasteiger partial charge on any atom is -0.359 e. The number of hydrogen-bond donors (Lipinski definition) is 3. The quantitative estimate of drug-likeness (QED) is 0.391. The summed E-state index contributed by atoms with van der Waals surface area (Å²) in [5, 5.41) is 8.88. The van der Waals surface area contributed by atoms with Gasteiger partial charge >= 0.3 is 0 Å². The summed E-state index contributed by atoms with van der Waals surface area (Å²) in [6.45, 7) is 9.86. The number of carbonyl (C=O) groups is 1. The minimum absolute atomic E-state index is 0. The second-order valence-electron chi connectivity index (χ2n) is 4.19. The molecule has 17 heavy (non-hydrogen) atoms. The maximum absolute atomic E-state index is 11.5. The van der Waals surface area contributed by atoms with E-state index in [0.29, 0.717) is 6.54 Å². The van der Waals surface area contributed by atoms with Gasteiger partial charge in [0.2, 0.25) is 5.91 Å². The van der Waals surface area contributed by atoms with Crippen molar-refractivity contribution in [3.63, 3.8) is 0 Å². The summed E-state index contributed by atoms with van der Waals surface area (Å²) in [5.41, 5.74) is -0.481. The Labute approximate surface area is 121 Å². The van der Waals surface area contributed by atoms with Crippen LogP contribution < -0.4 is 16.0 Å². The molecule has 102 valence electrons. The molecule has 0 unspecified atom stereocenters. The monoisotopic (exact) mass is 356 g/mol. The number of aliphatic imine (C=N–C) groups is 1. The van der Waals surface area contributed by atoms with E-state index in [-0.39, 0.29) is 29.9 Å². The highest BCUT2D eigenvalue weighted by Crippen LogP contribution is 2.14. The van der Waals surface area contributed by atoms with Gasteiger partial charge in [0.25, 0.3) is 0 Å². The second-order valence-corrected chi connectivity index (χ2v) is 4.19. The first-order valence-corrected chi connectivity index (χ1v) is 5.72. The SMILES string of the molecule is CCNC(=NCC(C)(C)C(=O)NC)NCC.I. The van der Waals surface area contributed by atoms with Gasteiger partial charge in [0.15, 0.2) is 5.96 Å². The van der Waals surface area contributed by atoms with Gasteiger partial charge in [-0.25, -0.2) is 0 Å². The lowest BCUT2D eigenvalue weighted by atomic mass is 9.93. The van der Waals surface area contributed by atoms with Gasteiger partial charge in [0.05, 0.1) is 12.0 Å². The van der Waals surface area contributed by atoms with E-state index in [4.69, 9.17) is 0 Å². The second kappa shape index (κ2) is 9.49. The summed E-state index contributed by atoms with van der Waals surface area (Å²) >= 11 is 0. The van der Waals surface area contributed by atoms with Crippen LogP contribution >= 0.6 is 24.0 Å². The van der Waals surface area contributed by atoms with E-state index >= 15 is 0 Å². The third-order valence-electron chi connectivity index (χ3n) is 2.16. The molecular formula is C11H25IN4O. The molecule has 0 heterocycles. The molecule has 0 aliphatic rings. The molecule has 0 fully saturated rings. The van der Waals surface area contributed by atoms with Gasteiger partial charge in [-0.1, -0.05) is 0 Å². The standard InChI is InChI=1S/C11H24N4O.HI/c1-6-13-10(14-7-2)15-8-11(3,4)9(16)12-5;/h6-8H2,1-5H3,(H,12,16)(H2,13,14,15);1H. The highest BCUT2D eigenvalue weighted by molar-refractivity contribution is 14.0. The molecule has 0 spiro atoms. The molecule has 0 atom stereocenters. The largest absolute Gasteiger partial charge is 0.359 e. The fourth-order valence-electron chi connectivity index (χ4n) is 1.20. The third kappa shape index (κ3) is 7.40. The number of guanidine groups is 1. The van der Waals surface area contributed by atoms with Crippen LogP contribution in [-0.4, -0.2) is 38.5 Å². The first-order chi connectivity index (χ1) is 7.47. The lowest BCUT2D eigenvalue weighted by Gasteiger charge is -2.20. The van der Waals surface area contributed by atoms with E-state index < -0.39 is 5.41 Å². The van der Waals surface area contributed by atoms with Gasteiger partial charge in [-0.3, -0.25) is 9.79 Å². The summed E-state index contributed by atoms with van der Waals surface area (Å²) < 4.78 is 0. The molecule has 0 aliphatic heterocycles. The van der Waals surface area contributed by atoms with Crippen LogP contribution in [0.25, 0.3) is 0 Å². The van der Waals surface area contributed by atoms with Gasteiger partial charge in [-0.15, -0.1) is 24.0 Å². The first-order valence-electron chi connectivity index (χ1n) is 5.72. The van der Waals surface area contributed by atoms with Crippen molar-refractivity contribution < 1.29 is 4.79 Å². The zero-order chi connectivity index (χ0) is 12.6. The lowest BCUT2D eigenvalue weighted by molar-refractivity contribution is -0.128. The van der Waals surface area contributed by atoms with Crippen LogP contribution in [-0.2, 0) is 4.79 Å². The molecule has 0 aromatic carbocycles. The van der Waals surface area contributed by atoms with Crippen LogP contribution in [0.15, 0.2) is 4.99 Å². The number of amides is 1. The average molecular weight is 356 g/mol. The lowest BCUT2D eigenvalue weighted by Crippen LogP contribution is -2.40. The molecule has 5 nitrogen and oxygen atoms in total. The maximum Gasteiger partial charge on any atom is 0.227 e. The fraction of sp³-hybridized carbons (Fsp3) is 0.818. The van der Waals surface area contributed by atoms with Gasteiger partial charge in [0, 0.05) is 20.1 Å². The molecule has 0 saturated heterocycles. The van der Waals surface area contributed by atoms with Crippen LogP contribution in [0, 0.1) is 5.41 Å². The average Bonchev–Trinajstić information content (AvgIpc) is 2.25. The van der Waals surface area contributed by atoms with Gasteiger partial charge in [-0.05, 0) is 27.7 Å². The Hall–Kier alpha value is -0.530. The zero-order valence-corrected chi connectivity index (χ0v) is 13.7. The predicted octanol–water partition coefficient (Wildman–Crippen LogP) is 0.952. The van der Waals surface area contributed by atoms with Crippen molar-refractivity contribution >= 4 is 35.8 Å². The zero-order valence-electron chi connectivity index (χ0n) is 11.4. The molecule has 0 aromatic heterocycles. The van der Waals surface area contributed by atoms with E-state index in [0.717, 1.165) is 19.0 Å². The summed E-state index contributed by atoms with van der Waals surface area (Å²) in [7, 11) is 1.64. The normalized spacial score (nSPS) is 9.94. The van der Waals surface area contributed by atoms with Crippen molar-refractivity contribution in [2.75, 3.05) is 26.7 Å². The van der Waals surface area contributed by atoms with Crippen LogP contribution in [0.2, 0.25) is 0 Å². The van der Waals surface area contributed by atoms with Crippen molar-refractivity contribution in [1.82, 2.24) is 16.0 Å². The van der Waals surface area contributed by atoms with E-state index in [1.807, 2.05) is 27.7 Å². The van der Waals surface area contributed by atoms with Crippen LogP contribution in [0.1, 0.15) is 27.7 Å². The van der Waals surface area contributed by atoms with Gasteiger partial charge in [-0.2, -0.15) is 0 Å². The topological polar surface area (TPSA) is 65.5 Å². The van der Waals surface area contributed by atoms with E-state index in [1.165, 1.54) is 0 Å². The van der Waals surface area contributed by atoms with E-state index in [9.17, 15) is 4.79 Å². The van der Waals surface area contributed by atoms with Crippen LogP contribution in [0.3, 0.4) is 0 Å². The maximum atomic E-state index is 11.5. The number of halogens is 1. The Morgan fingerprint density at radius 1 is 1.18 bits per heavy atom. The van der Waals surface area contributed by atoms with Crippen LogP contribution in [0.4, 0.5) is 0 Å². The Balaban J connectivity index is 0. The molecule has 0 aliphatic carbocycles. The van der Waals surface area contributed by atoms with Crippen molar-refractivity contribution in [3.05, 3.63) is 0 Å². The van der Waals surface area contributed by atoms with Crippen molar-refractivity contribution in [2.45, 2.75) is 27.7 Å². The summed E-state index contributed by atoms with van der Waals surface area (Å²) in [6.07, 6.45) is 0. The molecule has 0 saturated carbocycles. The third-order valence-corrected chi connectivity index (χ3v) is 2.16. The van der Waals surface area contributed by atoms with Gasteiger partial charge < -0.3 is 16.0 Å². The van der Waals surface area contributed by atoms with Crippen LogP contribution in [0.5, 0.6) is 0 Å². The van der Waals surface area contributed by atoms with Crippen molar-refractivity contribution in [1.29, 1.82) is 0 Å². The molecule has 0 radical (unpaired) electrons. The summed E-state index contributed by atoms with van der Waals surface area (Å²) in [6, 6.07) is 0. The molecule has 6 heteroatoms. The minimum atomic E-state index is -0.481. The van der Waals surface area contributed by atoms with Crippen molar-refractivity contribution in [2.24, 2.45) is 10.4 Å². The number of nitrogens with one attached hydrogen (secondary N) is 3. The highest BCUT2D eigenvalue weighted by atomic mass is 127. The Bertz CT molecular complexity index is 246. The number of hydrogen-bond acceptors (Lipinski definition) is 2. The van der Waals surface area contributed by atoms with Gasteiger partial charge in [0.1, 0.15) is 0 Å². The van der Waals surface area contributed by atoms with E-state index in [1.54, 1.807) is 7.05 Å². The van der Waals surface area contributed by atoms with E-state index in [2.05, 4.69) is 20.9 Å². The molecule has 3 N–H and O–H groups in total. The first kappa shape index (κ1) is 18.8. The Morgan fingerprint density at radius 3 is 2.00 bits per heavy atom. The Morgan fingerprint density at radius 2 is 1.65 bits per heavy atom. The fourth-order valence-corrected chi connectivity index (χ4v) is 1.20. The molecular weight excluding hydrogens is 331 g/mol. The number of carbonyl (C=O) groups excluding carboxylic acids is 1. The van der Waals surface area contributed by atoms with Crippen molar-refractivity contribution in [3.8, 4) is 0 Å². The molecule has 0 aromatic rings. The molecule has 0 bridgehead atoms. The Kier molecular flexibility index (Phi) is 10.5. The summed E-state index contributed by atoms with van der Waals surface area (Å²) in [4.78, 5) is 15.9. The predicted molar refractivity (Wildman–Crippen MR) is 82.9 cm³/mol. The molecule has 0 rings (SSSR count). The number of nitrogens with zero attached hydrogens (tertiary/aromatic N) is 1.